The average molecular weight is 269 g/mol. The summed E-state index contributed by atoms with van der Waals surface area (Å²) in [5.41, 5.74) is 0. The van der Waals surface area contributed by atoms with E-state index in [0.29, 0.717) is 6.04 Å². The van der Waals surface area contributed by atoms with Crippen LogP contribution in [0.25, 0.3) is 0 Å². The Morgan fingerprint density at radius 3 is 2.53 bits per heavy atom. The highest BCUT2D eigenvalue weighted by molar-refractivity contribution is 4.86. The van der Waals surface area contributed by atoms with Crippen molar-refractivity contribution in [2.45, 2.75) is 58.5 Å². The molecule has 1 fully saturated rings. The van der Waals surface area contributed by atoms with E-state index < -0.39 is 0 Å². The maximum Gasteiger partial charge on any atom is 0.0194 e. The summed E-state index contributed by atoms with van der Waals surface area (Å²) in [7, 11) is 4.34. The van der Waals surface area contributed by atoms with Gasteiger partial charge in [0.15, 0.2) is 0 Å². The summed E-state index contributed by atoms with van der Waals surface area (Å²) >= 11 is 0. The Hall–Kier alpha value is -0.120. The van der Waals surface area contributed by atoms with Crippen LogP contribution in [0.3, 0.4) is 0 Å². The van der Waals surface area contributed by atoms with Gasteiger partial charge in [0.2, 0.25) is 0 Å². The van der Waals surface area contributed by atoms with Crippen LogP contribution in [-0.4, -0.2) is 62.2 Å². The monoisotopic (exact) mass is 269 g/mol. The van der Waals surface area contributed by atoms with Gasteiger partial charge in [-0.05, 0) is 59.3 Å². The highest BCUT2D eigenvalue weighted by atomic mass is 15.2. The second-order valence-corrected chi connectivity index (χ2v) is 6.45. The second-order valence-electron chi connectivity index (χ2n) is 6.45. The molecule has 0 bridgehead atoms. The van der Waals surface area contributed by atoms with E-state index in [1.807, 2.05) is 0 Å². The van der Waals surface area contributed by atoms with E-state index in [1.165, 1.54) is 45.3 Å². The molecule has 1 aliphatic rings. The Kier molecular flexibility index (Phi) is 7.96. The van der Waals surface area contributed by atoms with Crippen LogP contribution in [0.2, 0.25) is 0 Å². The molecule has 0 saturated heterocycles. The molecule has 114 valence electrons. The first-order valence-electron chi connectivity index (χ1n) is 8.20. The van der Waals surface area contributed by atoms with Crippen molar-refractivity contribution in [2.24, 2.45) is 5.92 Å². The molecule has 0 aromatic carbocycles. The molecule has 3 nitrogen and oxygen atoms in total. The van der Waals surface area contributed by atoms with Crippen LogP contribution in [0.15, 0.2) is 0 Å². The van der Waals surface area contributed by atoms with Crippen molar-refractivity contribution in [1.82, 2.24) is 15.1 Å². The van der Waals surface area contributed by atoms with E-state index in [-0.39, 0.29) is 0 Å². The molecule has 1 rings (SSSR count). The van der Waals surface area contributed by atoms with Crippen molar-refractivity contribution in [1.29, 1.82) is 0 Å². The number of rotatable bonds is 9. The second kappa shape index (κ2) is 8.93. The summed E-state index contributed by atoms with van der Waals surface area (Å²) in [6, 6.07) is 1.42. The number of nitrogens with one attached hydrogen (secondary N) is 1. The third kappa shape index (κ3) is 5.80. The van der Waals surface area contributed by atoms with E-state index in [1.54, 1.807) is 0 Å². The van der Waals surface area contributed by atoms with Gasteiger partial charge in [-0.3, -0.25) is 4.90 Å². The Morgan fingerprint density at radius 1 is 1.21 bits per heavy atom. The number of likely N-dealkylation sites (N-methyl/N-ethyl adjacent to an activating group) is 2. The van der Waals surface area contributed by atoms with Gasteiger partial charge in [-0.15, -0.1) is 0 Å². The molecule has 0 heterocycles. The molecule has 1 N–H and O–H groups in total. The van der Waals surface area contributed by atoms with E-state index in [4.69, 9.17) is 0 Å². The number of hydrogen-bond acceptors (Lipinski definition) is 3. The molecule has 19 heavy (non-hydrogen) atoms. The summed E-state index contributed by atoms with van der Waals surface area (Å²) in [4.78, 5) is 4.96. The highest BCUT2D eigenvalue weighted by Crippen LogP contribution is 2.27. The van der Waals surface area contributed by atoms with Gasteiger partial charge >= 0.3 is 0 Å². The van der Waals surface area contributed by atoms with Gasteiger partial charge < -0.3 is 10.2 Å². The SMILES string of the molecule is CCCNC1CCCC1CN(CC)C(C)CN(C)C. The predicted octanol–water partition coefficient (Wildman–Crippen LogP) is 2.43. The van der Waals surface area contributed by atoms with Gasteiger partial charge in [0.05, 0.1) is 0 Å². The van der Waals surface area contributed by atoms with Crippen LogP contribution in [0.4, 0.5) is 0 Å². The van der Waals surface area contributed by atoms with Crippen LogP contribution in [-0.2, 0) is 0 Å². The fourth-order valence-corrected chi connectivity index (χ4v) is 3.42. The fourth-order valence-electron chi connectivity index (χ4n) is 3.42. The largest absolute Gasteiger partial charge is 0.314 e. The van der Waals surface area contributed by atoms with Gasteiger partial charge in [0.1, 0.15) is 0 Å². The van der Waals surface area contributed by atoms with E-state index in [0.717, 1.165) is 18.5 Å². The normalized spacial score (nSPS) is 25.4. The molecule has 3 unspecified atom stereocenters. The van der Waals surface area contributed by atoms with Crippen LogP contribution in [0, 0.1) is 5.92 Å². The molecule has 3 heteroatoms. The summed E-state index contributed by atoms with van der Waals surface area (Å²) in [5, 5.41) is 3.75. The molecule has 1 saturated carbocycles. The molecule has 0 aliphatic heterocycles. The van der Waals surface area contributed by atoms with Crippen molar-refractivity contribution in [3.63, 3.8) is 0 Å². The Bertz CT molecular complexity index is 230. The first-order chi connectivity index (χ1) is 9.08. The van der Waals surface area contributed by atoms with Crippen LogP contribution in [0.1, 0.15) is 46.5 Å². The maximum absolute atomic E-state index is 3.75. The molecule has 3 atom stereocenters. The minimum atomic E-state index is 0.660. The standard InChI is InChI=1S/C16H35N3/c1-6-11-17-16-10-8-9-15(16)13-19(7-2)14(3)12-18(4)5/h14-17H,6-13H2,1-5H3. The van der Waals surface area contributed by atoms with Crippen LogP contribution in [0.5, 0.6) is 0 Å². The third-order valence-corrected chi connectivity index (χ3v) is 4.44. The first kappa shape index (κ1) is 16.9. The summed E-state index contributed by atoms with van der Waals surface area (Å²) < 4.78 is 0. The zero-order valence-electron chi connectivity index (χ0n) is 13.8. The fraction of sp³-hybridized carbons (Fsp3) is 1.00. The zero-order chi connectivity index (χ0) is 14.3. The van der Waals surface area contributed by atoms with Crippen molar-refractivity contribution < 1.29 is 0 Å². The summed E-state index contributed by atoms with van der Waals surface area (Å²) in [6.07, 6.45) is 5.44. The summed E-state index contributed by atoms with van der Waals surface area (Å²) in [5.74, 6) is 0.858. The molecule has 1 aliphatic carbocycles. The van der Waals surface area contributed by atoms with Crippen molar-refractivity contribution in [2.75, 3.05) is 40.3 Å². The Morgan fingerprint density at radius 2 is 1.95 bits per heavy atom. The smallest absolute Gasteiger partial charge is 0.0194 e. The van der Waals surface area contributed by atoms with Gasteiger partial charge in [0, 0.05) is 25.2 Å². The predicted molar refractivity (Wildman–Crippen MR) is 84.7 cm³/mol. The highest BCUT2D eigenvalue weighted by Gasteiger charge is 2.29. The van der Waals surface area contributed by atoms with Gasteiger partial charge in [-0.2, -0.15) is 0 Å². The topological polar surface area (TPSA) is 18.5 Å². The maximum atomic E-state index is 3.75. The molecular weight excluding hydrogens is 234 g/mol. The molecular formula is C16H35N3. The Balaban J connectivity index is 2.44. The molecule has 0 aromatic rings. The molecule has 0 amide bonds. The quantitative estimate of drug-likeness (QED) is 0.693. The van der Waals surface area contributed by atoms with Crippen molar-refractivity contribution in [3.8, 4) is 0 Å². The lowest BCUT2D eigenvalue weighted by atomic mass is 10.0. The molecule has 0 spiro atoms. The van der Waals surface area contributed by atoms with E-state index in [9.17, 15) is 0 Å². The first-order valence-corrected chi connectivity index (χ1v) is 8.20. The van der Waals surface area contributed by atoms with Crippen molar-refractivity contribution >= 4 is 0 Å². The number of nitrogens with zero attached hydrogens (tertiary/aromatic N) is 2. The van der Waals surface area contributed by atoms with Gasteiger partial charge in [-0.25, -0.2) is 0 Å². The van der Waals surface area contributed by atoms with Gasteiger partial charge in [0.25, 0.3) is 0 Å². The third-order valence-electron chi connectivity index (χ3n) is 4.44. The number of hydrogen-bond donors (Lipinski definition) is 1. The van der Waals surface area contributed by atoms with Gasteiger partial charge in [-0.1, -0.05) is 20.3 Å². The van der Waals surface area contributed by atoms with Crippen LogP contribution < -0.4 is 5.32 Å². The lowest BCUT2D eigenvalue weighted by Gasteiger charge is -2.34. The summed E-state index contributed by atoms with van der Waals surface area (Å²) in [6.45, 7) is 11.7. The van der Waals surface area contributed by atoms with Crippen molar-refractivity contribution in [3.05, 3.63) is 0 Å². The Labute approximate surface area is 120 Å². The lowest BCUT2D eigenvalue weighted by molar-refractivity contribution is 0.149. The molecule has 0 radical (unpaired) electrons. The minimum Gasteiger partial charge on any atom is -0.314 e. The molecule has 0 aromatic heterocycles. The average Bonchev–Trinajstić information content (AvgIpc) is 2.79. The van der Waals surface area contributed by atoms with E-state index >= 15 is 0 Å². The van der Waals surface area contributed by atoms with Crippen LogP contribution >= 0.6 is 0 Å². The zero-order valence-corrected chi connectivity index (χ0v) is 13.8. The lowest BCUT2D eigenvalue weighted by Crippen LogP contribution is -2.45. The minimum absolute atomic E-state index is 0.660. The van der Waals surface area contributed by atoms with E-state index in [2.05, 4.69) is 50.0 Å².